The number of carbonyl (C=O) groups excluding carboxylic acids is 1. The van der Waals surface area contributed by atoms with E-state index in [1.54, 1.807) is 6.08 Å². The third kappa shape index (κ3) is 6.08. The predicted molar refractivity (Wildman–Crippen MR) is 155 cm³/mol. The summed E-state index contributed by atoms with van der Waals surface area (Å²) in [7, 11) is 0. The van der Waals surface area contributed by atoms with Gasteiger partial charge in [-0.15, -0.1) is 0 Å². The third-order valence-corrected chi connectivity index (χ3v) is 8.61. The Morgan fingerprint density at radius 3 is 2.36 bits per heavy atom. The van der Waals surface area contributed by atoms with Crippen LogP contribution in [0.1, 0.15) is 75.8 Å². The molecular formula is C30H40N8O. The van der Waals surface area contributed by atoms with Crippen LogP contribution in [0.2, 0.25) is 0 Å². The molecule has 1 aliphatic heterocycles. The molecule has 9 nitrogen and oxygen atoms in total. The molecule has 2 aliphatic carbocycles. The van der Waals surface area contributed by atoms with Gasteiger partial charge in [0.2, 0.25) is 11.9 Å². The topological polar surface area (TPSA) is 114 Å². The minimum atomic E-state index is 0.0655. The normalized spacial score (nSPS) is 23.1. The summed E-state index contributed by atoms with van der Waals surface area (Å²) in [5, 5.41) is 7.30. The summed E-state index contributed by atoms with van der Waals surface area (Å²) in [4.78, 5) is 29.4. The van der Waals surface area contributed by atoms with Gasteiger partial charge in [0.15, 0.2) is 17.0 Å². The van der Waals surface area contributed by atoms with Gasteiger partial charge in [0.05, 0.1) is 6.33 Å². The SMILES string of the molecule is NC1CCC(Nc2nc(NC3CCN(C(=O)C=Cc4ccccc4)CC3)c3ncn(C4CCCC4)c3n2)CC1. The van der Waals surface area contributed by atoms with Crippen LogP contribution in [0, 0.1) is 0 Å². The molecule has 0 unspecified atom stereocenters. The number of likely N-dealkylation sites (tertiary alicyclic amines) is 1. The number of anilines is 2. The summed E-state index contributed by atoms with van der Waals surface area (Å²) < 4.78 is 2.26. The maximum atomic E-state index is 12.8. The van der Waals surface area contributed by atoms with Gasteiger partial charge in [-0.05, 0) is 63.0 Å². The van der Waals surface area contributed by atoms with Crippen molar-refractivity contribution in [1.29, 1.82) is 0 Å². The standard InChI is InChI=1S/C30H40N8O/c31-22-11-13-23(14-12-22)34-30-35-28(27-29(36-30)38(20-32-27)25-8-4-5-9-25)33-24-16-18-37(19-17-24)26(39)15-10-21-6-2-1-3-7-21/h1-3,6-7,10,15,20,22-25H,4-5,8-9,11-14,16-19,31H2,(H2,33,34,35,36). The van der Waals surface area contributed by atoms with Crippen LogP contribution in [0.4, 0.5) is 11.8 Å². The van der Waals surface area contributed by atoms with E-state index in [1.165, 1.54) is 25.7 Å². The van der Waals surface area contributed by atoms with Crippen LogP contribution in [0.5, 0.6) is 0 Å². The van der Waals surface area contributed by atoms with E-state index in [4.69, 9.17) is 20.7 Å². The summed E-state index contributed by atoms with van der Waals surface area (Å²) in [6, 6.07) is 11.3. The summed E-state index contributed by atoms with van der Waals surface area (Å²) in [6.07, 6.45) is 16.2. The number of nitrogens with one attached hydrogen (secondary N) is 2. The molecular weight excluding hydrogens is 488 g/mol. The van der Waals surface area contributed by atoms with E-state index < -0.39 is 0 Å². The highest BCUT2D eigenvalue weighted by molar-refractivity contribution is 5.92. The van der Waals surface area contributed by atoms with Gasteiger partial charge in [0.25, 0.3) is 0 Å². The summed E-state index contributed by atoms with van der Waals surface area (Å²) in [5.41, 5.74) is 8.91. The maximum Gasteiger partial charge on any atom is 0.246 e. The fourth-order valence-corrected chi connectivity index (χ4v) is 6.25. The van der Waals surface area contributed by atoms with Crippen LogP contribution in [-0.4, -0.2) is 61.5 Å². The van der Waals surface area contributed by atoms with Crippen molar-refractivity contribution in [3.8, 4) is 0 Å². The second-order valence-electron chi connectivity index (χ2n) is 11.4. The molecule has 0 atom stereocenters. The molecule has 3 aliphatic rings. The lowest BCUT2D eigenvalue weighted by molar-refractivity contribution is -0.126. The first-order valence-electron chi connectivity index (χ1n) is 14.7. The first-order valence-corrected chi connectivity index (χ1v) is 14.7. The van der Waals surface area contributed by atoms with Gasteiger partial charge in [0, 0.05) is 43.3 Å². The van der Waals surface area contributed by atoms with Crippen molar-refractivity contribution in [3.63, 3.8) is 0 Å². The predicted octanol–water partition coefficient (Wildman–Crippen LogP) is 4.74. The monoisotopic (exact) mass is 528 g/mol. The molecule has 3 heterocycles. The Hall–Kier alpha value is -3.46. The highest BCUT2D eigenvalue weighted by atomic mass is 16.2. The zero-order valence-electron chi connectivity index (χ0n) is 22.6. The highest BCUT2D eigenvalue weighted by Crippen LogP contribution is 2.34. The minimum absolute atomic E-state index is 0.0655. The van der Waals surface area contributed by atoms with Crippen molar-refractivity contribution in [2.45, 2.75) is 88.4 Å². The molecule has 0 spiro atoms. The first kappa shape index (κ1) is 25.8. The Kier molecular flexibility index (Phi) is 7.76. The molecule has 3 fully saturated rings. The highest BCUT2D eigenvalue weighted by Gasteiger charge is 2.26. The smallest absolute Gasteiger partial charge is 0.246 e. The van der Waals surface area contributed by atoms with Gasteiger partial charge in [0.1, 0.15) is 0 Å². The lowest BCUT2D eigenvalue weighted by atomic mass is 9.92. The molecule has 2 aromatic heterocycles. The molecule has 0 radical (unpaired) electrons. The van der Waals surface area contributed by atoms with Gasteiger partial charge in [-0.1, -0.05) is 43.2 Å². The molecule has 1 amide bonds. The van der Waals surface area contributed by atoms with E-state index in [-0.39, 0.29) is 11.9 Å². The number of benzene rings is 1. The molecule has 6 rings (SSSR count). The number of carbonyl (C=O) groups is 1. The Morgan fingerprint density at radius 1 is 0.897 bits per heavy atom. The number of hydrogen-bond donors (Lipinski definition) is 3. The van der Waals surface area contributed by atoms with Gasteiger partial charge in [-0.3, -0.25) is 4.79 Å². The van der Waals surface area contributed by atoms with Crippen LogP contribution >= 0.6 is 0 Å². The van der Waals surface area contributed by atoms with Crippen LogP contribution in [0.25, 0.3) is 17.2 Å². The van der Waals surface area contributed by atoms with Crippen molar-refractivity contribution < 1.29 is 4.79 Å². The largest absolute Gasteiger partial charge is 0.365 e. The Morgan fingerprint density at radius 2 is 1.62 bits per heavy atom. The second-order valence-corrected chi connectivity index (χ2v) is 11.4. The molecule has 206 valence electrons. The van der Waals surface area contributed by atoms with E-state index in [2.05, 4.69) is 15.2 Å². The van der Waals surface area contributed by atoms with Crippen molar-refractivity contribution >= 4 is 34.9 Å². The lowest BCUT2D eigenvalue weighted by Gasteiger charge is -2.32. The molecule has 0 bridgehead atoms. The van der Waals surface area contributed by atoms with Crippen LogP contribution < -0.4 is 16.4 Å². The average Bonchev–Trinajstić information content (AvgIpc) is 3.64. The Labute approximate surface area is 230 Å². The van der Waals surface area contributed by atoms with Crippen LogP contribution in [0.15, 0.2) is 42.7 Å². The van der Waals surface area contributed by atoms with Crippen molar-refractivity contribution in [1.82, 2.24) is 24.4 Å². The summed E-state index contributed by atoms with van der Waals surface area (Å²) in [5.74, 6) is 1.53. The molecule has 39 heavy (non-hydrogen) atoms. The van der Waals surface area contributed by atoms with Gasteiger partial charge in [-0.2, -0.15) is 9.97 Å². The lowest BCUT2D eigenvalue weighted by Crippen LogP contribution is -2.41. The van der Waals surface area contributed by atoms with Crippen LogP contribution in [-0.2, 0) is 4.79 Å². The van der Waals surface area contributed by atoms with Crippen molar-refractivity contribution in [3.05, 3.63) is 48.3 Å². The first-order chi connectivity index (χ1) is 19.1. The van der Waals surface area contributed by atoms with E-state index in [9.17, 15) is 4.79 Å². The van der Waals surface area contributed by atoms with Crippen LogP contribution in [0.3, 0.4) is 0 Å². The number of imidazole rings is 1. The summed E-state index contributed by atoms with van der Waals surface area (Å²) >= 11 is 0. The zero-order chi connectivity index (χ0) is 26.6. The Balaban J connectivity index is 1.15. The summed E-state index contributed by atoms with van der Waals surface area (Å²) in [6.45, 7) is 1.43. The molecule has 1 aromatic carbocycles. The number of rotatable bonds is 7. The maximum absolute atomic E-state index is 12.8. The minimum Gasteiger partial charge on any atom is -0.365 e. The average molecular weight is 529 g/mol. The molecule has 1 saturated heterocycles. The number of nitrogens with zero attached hydrogens (tertiary/aromatic N) is 5. The number of fused-ring (bicyclic) bond motifs is 1. The molecule has 9 heteroatoms. The number of aromatic nitrogens is 4. The second kappa shape index (κ2) is 11.7. The van der Waals surface area contributed by atoms with E-state index >= 15 is 0 Å². The fourth-order valence-electron chi connectivity index (χ4n) is 6.25. The quantitative estimate of drug-likeness (QED) is 0.380. The van der Waals surface area contributed by atoms with Crippen molar-refractivity contribution in [2.75, 3.05) is 23.7 Å². The Bertz CT molecular complexity index is 1280. The molecule has 4 N–H and O–H groups in total. The number of amides is 1. The number of hydrogen-bond acceptors (Lipinski definition) is 7. The number of piperidine rings is 1. The van der Waals surface area contributed by atoms with Gasteiger partial charge < -0.3 is 25.8 Å². The fraction of sp³-hybridized carbons (Fsp3) is 0.533. The van der Waals surface area contributed by atoms with Gasteiger partial charge >= 0.3 is 0 Å². The van der Waals surface area contributed by atoms with E-state index in [0.29, 0.717) is 37.2 Å². The van der Waals surface area contributed by atoms with Crippen molar-refractivity contribution in [2.24, 2.45) is 5.73 Å². The van der Waals surface area contributed by atoms with Gasteiger partial charge in [-0.25, -0.2) is 4.98 Å². The van der Waals surface area contributed by atoms with E-state index in [0.717, 1.165) is 61.1 Å². The number of nitrogens with two attached hydrogens (primary N) is 1. The molecule has 3 aromatic rings. The molecule has 2 saturated carbocycles. The van der Waals surface area contributed by atoms with E-state index in [1.807, 2.05) is 47.6 Å². The third-order valence-electron chi connectivity index (χ3n) is 8.61. The zero-order valence-corrected chi connectivity index (χ0v) is 22.6.